The number of aliphatic hydroxyl groups is 1. The highest BCUT2D eigenvalue weighted by atomic mass is 32.2. The van der Waals surface area contributed by atoms with E-state index >= 15 is 0 Å². The van der Waals surface area contributed by atoms with Gasteiger partial charge in [-0.15, -0.1) is 11.8 Å². The normalized spacial score (nSPS) is 19.6. The molecule has 0 aromatic heterocycles. The molecule has 2 nitrogen and oxygen atoms in total. The number of ether oxygens (including phenoxy) is 1. The third-order valence-electron chi connectivity index (χ3n) is 3.00. The first kappa shape index (κ1) is 12.0. The summed E-state index contributed by atoms with van der Waals surface area (Å²) >= 11 is 1.81. The van der Waals surface area contributed by atoms with E-state index in [1.807, 2.05) is 23.9 Å². The summed E-state index contributed by atoms with van der Waals surface area (Å²) in [5.41, 5.74) is 0.358. The first-order valence-corrected chi connectivity index (χ1v) is 6.76. The SMILES string of the molecule is CCSc1cccc(C2(O)CCOCC2)c1. The molecule has 0 aliphatic carbocycles. The van der Waals surface area contributed by atoms with Crippen molar-refractivity contribution >= 4 is 11.8 Å². The van der Waals surface area contributed by atoms with Crippen molar-refractivity contribution in [3.63, 3.8) is 0 Å². The number of hydrogen-bond acceptors (Lipinski definition) is 3. The molecule has 1 heterocycles. The molecule has 88 valence electrons. The zero-order chi connectivity index (χ0) is 11.4. The van der Waals surface area contributed by atoms with E-state index < -0.39 is 5.60 Å². The van der Waals surface area contributed by atoms with Crippen molar-refractivity contribution in [2.75, 3.05) is 19.0 Å². The fraction of sp³-hybridized carbons (Fsp3) is 0.538. The molecule has 1 aliphatic rings. The van der Waals surface area contributed by atoms with E-state index in [1.165, 1.54) is 4.90 Å². The second-order valence-corrected chi connectivity index (χ2v) is 5.44. The van der Waals surface area contributed by atoms with E-state index in [-0.39, 0.29) is 0 Å². The van der Waals surface area contributed by atoms with Crippen LogP contribution in [0.2, 0.25) is 0 Å². The lowest BCUT2D eigenvalue weighted by atomic mass is 9.87. The third-order valence-corrected chi connectivity index (χ3v) is 3.88. The quantitative estimate of drug-likeness (QED) is 0.821. The molecule has 1 aromatic carbocycles. The van der Waals surface area contributed by atoms with Crippen molar-refractivity contribution in [1.29, 1.82) is 0 Å². The van der Waals surface area contributed by atoms with Gasteiger partial charge in [-0.3, -0.25) is 0 Å². The predicted molar refractivity (Wildman–Crippen MR) is 66.8 cm³/mol. The van der Waals surface area contributed by atoms with E-state index in [9.17, 15) is 5.11 Å². The van der Waals surface area contributed by atoms with Crippen molar-refractivity contribution in [2.24, 2.45) is 0 Å². The molecule has 0 spiro atoms. The molecule has 1 fully saturated rings. The molecule has 16 heavy (non-hydrogen) atoms. The Bertz CT molecular complexity index is 346. The summed E-state index contributed by atoms with van der Waals surface area (Å²) < 4.78 is 5.30. The molecule has 1 saturated heterocycles. The van der Waals surface area contributed by atoms with Gasteiger partial charge in [-0.1, -0.05) is 19.1 Å². The number of thioether (sulfide) groups is 1. The number of benzene rings is 1. The minimum Gasteiger partial charge on any atom is -0.385 e. The third kappa shape index (κ3) is 2.59. The van der Waals surface area contributed by atoms with Crippen molar-refractivity contribution < 1.29 is 9.84 Å². The highest BCUT2D eigenvalue weighted by Gasteiger charge is 2.31. The first-order valence-electron chi connectivity index (χ1n) is 5.78. The van der Waals surface area contributed by atoms with E-state index in [0.29, 0.717) is 26.1 Å². The molecule has 0 bridgehead atoms. The summed E-state index contributed by atoms with van der Waals surface area (Å²) in [6.45, 7) is 3.45. The van der Waals surface area contributed by atoms with Gasteiger partial charge in [-0.25, -0.2) is 0 Å². The van der Waals surface area contributed by atoms with Gasteiger partial charge in [0, 0.05) is 31.0 Å². The van der Waals surface area contributed by atoms with Gasteiger partial charge < -0.3 is 9.84 Å². The van der Waals surface area contributed by atoms with E-state index in [4.69, 9.17) is 4.74 Å². The Hall–Kier alpha value is -0.510. The lowest BCUT2D eigenvalue weighted by molar-refractivity contribution is -0.0680. The zero-order valence-electron chi connectivity index (χ0n) is 9.61. The second-order valence-electron chi connectivity index (χ2n) is 4.10. The average molecular weight is 238 g/mol. The summed E-state index contributed by atoms with van der Waals surface area (Å²) in [5, 5.41) is 10.5. The highest BCUT2D eigenvalue weighted by molar-refractivity contribution is 7.99. The van der Waals surface area contributed by atoms with Crippen LogP contribution >= 0.6 is 11.8 Å². The summed E-state index contributed by atoms with van der Waals surface area (Å²) in [5.74, 6) is 1.06. The van der Waals surface area contributed by atoms with Crippen LogP contribution in [0.15, 0.2) is 29.2 Å². The second kappa shape index (κ2) is 5.21. The van der Waals surface area contributed by atoms with E-state index in [2.05, 4.69) is 19.1 Å². The minimum atomic E-state index is -0.678. The molecule has 0 atom stereocenters. The average Bonchev–Trinajstić information content (AvgIpc) is 2.31. The van der Waals surface area contributed by atoms with Gasteiger partial charge in [0.15, 0.2) is 0 Å². The molecular weight excluding hydrogens is 220 g/mol. The fourth-order valence-electron chi connectivity index (χ4n) is 2.04. The molecule has 0 unspecified atom stereocenters. The van der Waals surface area contributed by atoms with E-state index in [1.54, 1.807) is 0 Å². The molecule has 1 aromatic rings. The van der Waals surface area contributed by atoms with Crippen LogP contribution < -0.4 is 0 Å². The van der Waals surface area contributed by atoms with Gasteiger partial charge in [0.05, 0.1) is 5.60 Å². The van der Waals surface area contributed by atoms with Crippen molar-refractivity contribution in [3.8, 4) is 0 Å². The van der Waals surface area contributed by atoms with Gasteiger partial charge >= 0.3 is 0 Å². The van der Waals surface area contributed by atoms with Crippen LogP contribution in [-0.4, -0.2) is 24.1 Å². The van der Waals surface area contributed by atoms with E-state index in [0.717, 1.165) is 11.3 Å². The first-order chi connectivity index (χ1) is 7.74. The van der Waals surface area contributed by atoms with Gasteiger partial charge in [0.25, 0.3) is 0 Å². The van der Waals surface area contributed by atoms with Crippen molar-refractivity contribution in [3.05, 3.63) is 29.8 Å². The number of rotatable bonds is 3. The van der Waals surface area contributed by atoms with Crippen LogP contribution in [0, 0.1) is 0 Å². The molecule has 0 saturated carbocycles. The monoisotopic (exact) mass is 238 g/mol. The summed E-state index contributed by atoms with van der Waals surface area (Å²) in [4.78, 5) is 1.24. The Balaban J connectivity index is 2.21. The van der Waals surface area contributed by atoms with Crippen LogP contribution in [0.25, 0.3) is 0 Å². The lowest BCUT2D eigenvalue weighted by Crippen LogP contribution is -2.33. The maximum atomic E-state index is 10.5. The summed E-state index contributed by atoms with van der Waals surface area (Å²) in [7, 11) is 0. The predicted octanol–water partition coefficient (Wildman–Crippen LogP) is 2.80. The van der Waals surface area contributed by atoms with Gasteiger partial charge in [-0.05, 0) is 23.4 Å². The topological polar surface area (TPSA) is 29.5 Å². The Kier molecular flexibility index (Phi) is 3.90. The molecule has 1 aliphatic heterocycles. The smallest absolute Gasteiger partial charge is 0.0940 e. The summed E-state index contributed by atoms with van der Waals surface area (Å²) in [6, 6.07) is 8.26. The van der Waals surface area contributed by atoms with Crippen LogP contribution in [-0.2, 0) is 10.3 Å². The van der Waals surface area contributed by atoms with Crippen molar-refractivity contribution in [2.45, 2.75) is 30.3 Å². The molecule has 3 heteroatoms. The maximum Gasteiger partial charge on any atom is 0.0940 e. The minimum absolute atomic E-state index is 0.654. The lowest BCUT2D eigenvalue weighted by Gasteiger charge is -2.32. The van der Waals surface area contributed by atoms with Crippen LogP contribution in [0.1, 0.15) is 25.3 Å². The Labute approximate surface area is 101 Å². The maximum absolute atomic E-state index is 10.5. The van der Waals surface area contributed by atoms with Crippen LogP contribution in [0.4, 0.5) is 0 Å². The largest absolute Gasteiger partial charge is 0.385 e. The molecule has 1 N–H and O–H groups in total. The zero-order valence-corrected chi connectivity index (χ0v) is 10.4. The molecule has 2 rings (SSSR count). The van der Waals surface area contributed by atoms with Crippen molar-refractivity contribution in [1.82, 2.24) is 0 Å². The van der Waals surface area contributed by atoms with Crippen LogP contribution in [0.3, 0.4) is 0 Å². The highest BCUT2D eigenvalue weighted by Crippen LogP contribution is 2.33. The molecule has 0 radical (unpaired) electrons. The standard InChI is InChI=1S/C13H18O2S/c1-2-16-12-5-3-4-11(10-12)13(14)6-8-15-9-7-13/h3-5,10,14H,2,6-9H2,1H3. The van der Waals surface area contributed by atoms with Gasteiger partial charge in [0.2, 0.25) is 0 Å². The Morgan fingerprint density at radius 2 is 2.12 bits per heavy atom. The van der Waals surface area contributed by atoms with Gasteiger partial charge in [0.1, 0.15) is 0 Å². The Morgan fingerprint density at radius 3 is 2.81 bits per heavy atom. The fourth-order valence-corrected chi connectivity index (χ4v) is 2.76. The number of hydrogen-bond donors (Lipinski definition) is 1. The Morgan fingerprint density at radius 1 is 1.38 bits per heavy atom. The molecular formula is C13H18O2S. The van der Waals surface area contributed by atoms with Gasteiger partial charge in [-0.2, -0.15) is 0 Å². The summed E-state index contributed by atoms with van der Waals surface area (Å²) in [6.07, 6.45) is 1.40. The molecule has 0 amide bonds. The van der Waals surface area contributed by atoms with Crippen LogP contribution in [0.5, 0.6) is 0 Å².